The number of H-pyrrole nitrogens is 1. The molecule has 1 heterocycles. The topological polar surface area (TPSA) is 108 Å². The number of pyridine rings is 1. The number of quaternary nitrogens is 1. The zero-order valence-electron chi connectivity index (χ0n) is 15.0. The van der Waals surface area contributed by atoms with E-state index in [9.17, 15) is 9.90 Å². The van der Waals surface area contributed by atoms with Gasteiger partial charge in [0.05, 0.1) is 25.2 Å². The van der Waals surface area contributed by atoms with Gasteiger partial charge in [0, 0.05) is 10.0 Å². The fourth-order valence-corrected chi connectivity index (χ4v) is 2.71. The average Bonchev–Trinajstić information content (AvgIpc) is 2.64. The van der Waals surface area contributed by atoms with Crippen LogP contribution in [0.5, 0.6) is 5.88 Å². The molecule has 1 aromatic carbocycles. The van der Waals surface area contributed by atoms with E-state index in [0.29, 0.717) is 5.56 Å². The molecular formula is C19H21BrN4O2. The summed E-state index contributed by atoms with van der Waals surface area (Å²) in [6.45, 7) is 10.5. The minimum atomic E-state index is -0.788. The van der Waals surface area contributed by atoms with Gasteiger partial charge in [0.1, 0.15) is 17.7 Å². The number of nitrogens with zero attached hydrogens (tertiary/aromatic N) is 2. The number of nitrogens with one attached hydrogen (secondary N) is 2. The second-order valence-corrected chi connectivity index (χ2v) is 6.37. The molecular weight excluding hydrogens is 396 g/mol. The summed E-state index contributed by atoms with van der Waals surface area (Å²) in [5.74, 6) is -0.788. The molecule has 0 amide bonds. The molecule has 0 aliphatic heterocycles. The van der Waals surface area contributed by atoms with Crippen molar-refractivity contribution >= 4 is 15.9 Å². The second kappa shape index (κ2) is 10.4. The summed E-state index contributed by atoms with van der Waals surface area (Å²) in [4.78, 5) is 15.2. The Kier molecular flexibility index (Phi) is 8.57. The Bertz CT molecular complexity index is 867. The monoisotopic (exact) mass is 416 g/mol. The SMILES string of the molecule is CC[NH+](CC)CC.N#Cc1c([O-])[nH]c(=O)c(C#N)c1-c1ccc(Br)cc1. The van der Waals surface area contributed by atoms with Gasteiger partial charge in [0.25, 0.3) is 5.56 Å². The zero-order chi connectivity index (χ0) is 19.7. The van der Waals surface area contributed by atoms with Crippen LogP contribution in [0.2, 0.25) is 0 Å². The van der Waals surface area contributed by atoms with Crippen molar-refractivity contribution in [3.05, 3.63) is 50.2 Å². The Hall–Kier alpha value is -2.61. The van der Waals surface area contributed by atoms with Gasteiger partial charge in [-0.25, -0.2) is 0 Å². The maximum atomic E-state index is 11.6. The summed E-state index contributed by atoms with van der Waals surface area (Å²) in [6, 6.07) is 10.1. The number of aromatic nitrogens is 1. The average molecular weight is 417 g/mol. The summed E-state index contributed by atoms with van der Waals surface area (Å²) in [5, 5.41) is 29.7. The van der Waals surface area contributed by atoms with Crippen molar-refractivity contribution in [2.75, 3.05) is 19.6 Å². The highest BCUT2D eigenvalue weighted by atomic mass is 79.9. The van der Waals surface area contributed by atoms with E-state index in [2.05, 4.69) is 36.7 Å². The van der Waals surface area contributed by atoms with Gasteiger partial charge in [0.2, 0.25) is 0 Å². The number of hydrogen-bond acceptors (Lipinski definition) is 4. The van der Waals surface area contributed by atoms with Gasteiger partial charge in [-0.3, -0.25) is 4.79 Å². The van der Waals surface area contributed by atoms with Gasteiger partial charge in [-0.2, -0.15) is 10.5 Å². The first-order chi connectivity index (χ1) is 12.4. The first-order valence-corrected chi connectivity index (χ1v) is 9.09. The van der Waals surface area contributed by atoms with Crippen molar-refractivity contribution in [2.45, 2.75) is 20.8 Å². The first-order valence-electron chi connectivity index (χ1n) is 8.30. The largest absolute Gasteiger partial charge is 0.859 e. The van der Waals surface area contributed by atoms with Crippen LogP contribution in [0.3, 0.4) is 0 Å². The molecule has 6 nitrogen and oxygen atoms in total. The van der Waals surface area contributed by atoms with Crippen LogP contribution in [0, 0.1) is 22.7 Å². The summed E-state index contributed by atoms with van der Waals surface area (Å²) < 4.78 is 0.806. The van der Waals surface area contributed by atoms with Crippen LogP contribution >= 0.6 is 15.9 Å². The summed E-state index contributed by atoms with van der Waals surface area (Å²) in [5.41, 5.74) is -0.716. The molecule has 0 atom stereocenters. The third-order valence-corrected chi connectivity index (χ3v) is 4.57. The number of aromatic amines is 1. The molecule has 0 unspecified atom stereocenters. The van der Waals surface area contributed by atoms with Crippen molar-refractivity contribution < 1.29 is 10.0 Å². The van der Waals surface area contributed by atoms with Crippen LogP contribution in [0.25, 0.3) is 11.1 Å². The molecule has 0 spiro atoms. The van der Waals surface area contributed by atoms with Crippen molar-refractivity contribution in [1.82, 2.24) is 4.98 Å². The van der Waals surface area contributed by atoms with Crippen molar-refractivity contribution in [2.24, 2.45) is 0 Å². The molecule has 0 fully saturated rings. The third-order valence-electron chi connectivity index (χ3n) is 4.04. The van der Waals surface area contributed by atoms with Crippen molar-refractivity contribution in [3.63, 3.8) is 0 Å². The highest BCUT2D eigenvalue weighted by molar-refractivity contribution is 9.10. The number of hydrogen-bond donors (Lipinski definition) is 2. The fraction of sp³-hybridized carbons (Fsp3) is 0.316. The predicted octanol–water partition coefficient (Wildman–Crippen LogP) is 1.55. The lowest BCUT2D eigenvalue weighted by Gasteiger charge is -2.13. The van der Waals surface area contributed by atoms with Crippen LogP contribution < -0.4 is 15.6 Å². The molecule has 1 aromatic heterocycles. The third kappa shape index (κ3) is 5.19. The van der Waals surface area contributed by atoms with Gasteiger partial charge in [-0.15, -0.1) is 0 Å². The molecule has 7 heteroatoms. The molecule has 2 aromatic rings. The number of rotatable bonds is 4. The molecule has 0 saturated carbocycles. The van der Waals surface area contributed by atoms with Crippen molar-refractivity contribution in [1.29, 1.82) is 10.5 Å². The van der Waals surface area contributed by atoms with E-state index in [4.69, 9.17) is 10.5 Å². The lowest BCUT2D eigenvalue weighted by Crippen LogP contribution is -3.11. The van der Waals surface area contributed by atoms with Crippen LogP contribution in [0.4, 0.5) is 0 Å². The molecule has 136 valence electrons. The second-order valence-electron chi connectivity index (χ2n) is 5.45. The summed E-state index contributed by atoms with van der Waals surface area (Å²) >= 11 is 3.26. The first kappa shape index (κ1) is 21.4. The molecule has 0 aliphatic carbocycles. The maximum Gasteiger partial charge on any atom is 0.266 e. The van der Waals surface area contributed by atoms with Crippen LogP contribution in [-0.2, 0) is 0 Å². The molecule has 2 N–H and O–H groups in total. The van der Waals surface area contributed by atoms with Crippen LogP contribution in [0.1, 0.15) is 31.9 Å². The lowest BCUT2D eigenvalue weighted by atomic mass is 9.97. The molecule has 26 heavy (non-hydrogen) atoms. The van der Waals surface area contributed by atoms with E-state index in [1.165, 1.54) is 19.6 Å². The van der Waals surface area contributed by atoms with E-state index >= 15 is 0 Å². The number of halogens is 1. The fourth-order valence-electron chi connectivity index (χ4n) is 2.45. The predicted molar refractivity (Wildman–Crippen MR) is 102 cm³/mol. The van der Waals surface area contributed by atoms with Gasteiger partial charge in [-0.1, -0.05) is 28.1 Å². The van der Waals surface area contributed by atoms with Gasteiger partial charge in [0.15, 0.2) is 0 Å². The van der Waals surface area contributed by atoms with Crippen LogP contribution in [-0.4, -0.2) is 24.6 Å². The quantitative estimate of drug-likeness (QED) is 0.787. The minimum absolute atomic E-state index is 0.0752. The highest BCUT2D eigenvalue weighted by Gasteiger charge is 2.15. The lowest BCUT2D eigenvalue weighted by molar-refractivity contribution is -0.894. The standard InChI is InChI=1S/C13H6BrN3O2.C6H15N/c14-8-3-1-7(2-4-8)11-9(5-15)12(18)17-13(19)10(11)6-16;1-4-7(5-2)6-3/h1-4H,(H2,17,18,19);4-6H2,1-3H3. The molecule has 0 bridgehead atoms. The minimum Gasteiger partial charge on any atom is -0.859 e. The highest BCUT2D eigenvalue weighted by Crippen LogP contribution is 2.29. The van der Waals surface area contributed by atoms with E-state index in [1.807, 2.05) is 4.98 Å². The Labute approximate surface area is 161 Å². The summed E-state index contributed by atoms with van der Waals surface area (Å²) in [6.07, 6.45) is 0. The molecule has 0 saturated heterocycles. The van der Waals surface area contributed by atoms with E-state index in [0.717, 1.165) is 4.47 Å². The maximum absolute atomic E-state index is 11.6. The number of nitriles is 2. The zero-order valence-corrected chi connectivity index (χ0v) is 16.6. The Morgan fingerprint density at radius 2 is 1.54 bits per heavy atom. The molecule has 0 aliphatic rings. The molecule has 2 rings (SSSR count). The number of benzene rings is 1. The summed E-state index contributed by atoms with van der Waals surface area (Å²) in [7, 11) is 0. The van der Waals surface area contributed by atoms with Crippen molar-refractivity contribution in [3.8, 4) is 29.1 Å². The normalized spacial score (nSPS) is 9.81. The smallest absolute Gasteiger partial charge is 0.266 e. The van der Waals surface area contributed by atoms with E-state index in [-0.39, 0.29) is 16.7 Å². The van der Waals surface area contributed by atoms with Gasteiger partial charge >= 0.3 is 0 Å². The Morgan fingerprint density at radius 1 is 1.04 bits per heavy atom. The Morgan fingerprint density at radius 3 is 1.92 bits per heavy atom. The van der Waals surface area contributed by atoms with E-state index < -0.39 is 11.4 Å². The van der Waals surface area contributed by atoms with E-state index in [1.54, 1.807) is 41.3 Å². The van der Waals surface area contributed by atoms with Gasteiger partial charge in [-0.05, 0) is 44.3 Å². The molecule has 0 radical (unpaired) electrons. The van der Waals surface area contributed by atoms with Crippen LogP contribution in [0.15, 0.2) is 33.5 Å². The Balaban J connectivity index is 0.000000412. The van der Waals surface area contributed by atoms with Gasteiger partial charge < -0.3 is 15.0 Å².